The number of nitrogens with zero attached hydrogens (tertiary/aromatic N) is 1. The summed E-state index contributed by atoms with van der Waals surface area (Å²) >= 11 is 0. The van der Waals surface area contributed by atoms with Gasteiger partial charge in [-0.05, 0) is 30.7 Å². The van der Waals surface area contributed by atoms with Crippen molar-refractivity contribution >= 4 is 15.9 Å². The number of primary sulfonamides is 1. The number of benzene rings is 1. The molecule has 0 saturated heterocycles. The van der Waals surface area contributed by atoms with Gasteiger partial charge in [-0.2, -0.15) is 0 Å². The fourth-order valence-electron chi connectivity index (χ4n) is 1.85. The zero-order chi connectivity index (χ0) is 16.0. The number of nitrogens with two attached hydrogens (primary N) is 1. The van der Waals surface area contributed by atoms with Crippen molar-refractivity contribution in [3.8, 4) is 0 Å². The van der Waals surface area contributed by atoms with Crippen LogP contribution in [-0.4, -0.2) is 46.0 Å². The Morgan fingerprint density at radius 2 is 2.10 bits per heavy atom. The number of carbonyl (C=O) groups excluding carboxylic acids is 1. The van der Waals surface area contributed by atoms with Crippen LogP contribution in [0.2, 0.25) is 0 Å². The number of sulfonamides is 1. The van der Waals surface area contributed by atoms with Crippen molar-refractivity contribution in [3.05, 3.63) is 42.0 Å². The molecule has 1 rings (SSSR count). The molecule has 0 unspecified atom stereocenters. The smallest absolute Gasteiger partial charge is 0.254 e. The molecule has 0 aliphatic heterocycles. The molecule has 0 aliphatic rings. The second-order valence-corrected chi connectivity index (χ2v) is 6.17. The molecule has 1 aromatic carbocycles. The average molecular weight is 312 g/mol. The molecule has 0 bridgehead atoms. The number of amides is 1. The zero-order valence-corrected chi connectivity index (χ0v) is 13.0. The van der Waals surface area contributed by atoms with E-state index in [1.54, 1.807) is 26.2 Å². The SMILES string of the molecule is C=CCN(CCOC)C(=O)c1cc(C)cc(S(N)(=O)=O)c1. The quantitative estimate of drug-likeness (QED) is 0.758. The minimum Gasteiger partial charge on any atom is -0.383 e. The van der Waals surface area contributed by atoms with Gasteiger partial charge < -0.3 is 9.64 Å². The molecule has 1 aromatic rings. The lowest BCUT2D eigenvalue weighted by molar-refractivity contribution is 0.0718. The fourth-order valence-corrected chi connectivity index (χ4v) is 2.49. The molecule has 0 saturated carbocycles. The summed E-state index contributed by atoms with van der Waals surface area (Å²) in [5.41, 5.74) is 0.923. The van der Waals surface area contributed by atoms with E-state index in [2.05, 4.69) is 6.58 Å². The molecule has 7 heteroatoms. The predicted molar refractivity (Wildman–Crippen MR) is 80.5 cm³/mol. The highest BCUT2D eigenvalue weighted by Gasteiger charge is 2.18. The first kappa shape index (κ1) is 17.4. The summed E-state index contributed by atoms with van der Waals surface area (Å²) in [5, 5.41) is 5.12. The van der Waals surface area contributed by atoms with Crippen LogP contribution in [0, 0.1) is 6.92 Å². The summed E-state index contributed by atoms with van der Waals surface area (Å²) < 4.78 is 27.9. The monoisotopic (exact) mass is 312 g/mol. The lowest BCUT2D eigenvalue weighted by Crippen LogP contribution is -2.34. The normalized spacial score (nSPS) is 11.2. The Labute approximate surface area is 125 Å². The van der Waals surface area contributed by atoms with Crippen molar-refractivity contribution in [2.45, 2.75) is 11.8 Å². The van der Waals surface area contributed by atoms with Crippen molar-refractivity contribution in [3.63, 3.8) is 0 Å². The molecule has 0 aromatic heterocycles. The largest absolute Gasteiger partial charge is 0.383 e. The third kappa shape index (κ3) is 4.96. The van der Waals surface area contributed by atoms with E-state index >= 15 is 0 Å². The molecule has 0 aliphatic carbocycles. The summed E-state index contributed by atoms with van der Waals surface area (Å²) in [4.78, 5) is 13.9. The van der Waals surface area contributed by atoms with Gasteiger partial charge in [-0.1, -0.05) is 6.08 Å². The van der Waals surface area contributed by atoms with Crippen LogP contribution >= 0.6 is 0 Å². The van der Waals surface area contributed by atoms with Crippen LogP contribution < -0.4 is 5.14 Å². The number of methoxy groups -OCH3 is 1. The van der Waals surface area contributed by atoms with Crippen LogP contribution in [-0.2, 0) is 14.8 Å². The first-order valence-corrected chi connectivity index (χ1v) is 7.88. The van der Waals surface area contributed by atoms with E-state index in [0.717, 1.165) is 0 Å². The molecule has 6 nitrogen and oxygen atoms in total. The highest BCUT2D eigenvalue weighted by molar-refractivity contribution is 7.89. The Morgan fingerprint density at radius 3 is 2.62 bits per heavy atom. The third-order valence-electron chi connectivity index (χ3n) is 2.83. The van der Waals surface area contributed by atoms with Crippen molar-refractivity contribution in [1.29, 1.82) is 0 Å². The van der Waals surface area contributed by atoms with Crippen molar-refractivity contribution in [2.75, 3.05) is 26.8 Å². The lowest BCUT2D eigenvalue weighted by atomic mass is 10.1. The van der Waals surface area contributed by atoms with E-state index in [-0.39, 0.29) is 16.4 Å². The van der Waals surface area contributed by atoms with Crippen LogP contribution in [0.15, 0.2) is 35.7 Å². The van der Waals surface area contributed by atoms with Gasteiger partial charge in [-0.15, -0.1) is 6.58 Å². The maximum atomic E-state index is 12.5. The average Bonchev–Trinajstić information content (AvgIpc) is 2.41. The topological polar surface area (TPSA) is 89.7 Å². The molecular weight excluding hydrogens is 292 g/mol. The van der Waals surface area contributed by atoms with Crippen molar-refractivity contribution in [1.82, 2.24) is 4.90 Å². The van der Waals surface area contributed by atoms with E-state index in [4.69, 9.17) is 9.88 Å². The van der Waals surface area contributed by atoms with Crippen LogP contribution in [0.3, 0.4) is 0 Å². The van der Waals surface area contributed by atoms with Gasteiger partial charge in [-0.3, -0.25) is 4.79 Å². The van der Waals surface area contributed by atoms with Gasteiger partial charge in [0.2, 0.25) is 10.0 Å². The Morgan fingerprint density at radius 1 is 1.43 bits per heavy atom. The maximum Gasteiger partial charge on any atom is 0.254 e. The number of hydrogen-bond acceptors (Lipinski definition) is 4. The molecule has 2 N–H and O–H groups in total. The fraction of sp³-hybridized carbons (Fsp3) is 0.357. The molecule has 21 heavy (non-hydrogen) atoms. The Hall–Kier alpha value is -1.70. The van der Waals surface area contributed by atoms with Crippen LogP contribution in [0.4, 0.5) is 0 Å². The Bertz CT molecular complexity index is 626. The van der Waals surface area contributed by atoms with E-state index in [1.807, 2.05) is 0 Å². The van der Waals surface area contributed by atoms with Gasteiger partial charge in [0.15, 0.2) is 0 Å². The minimum absolute atomic E-state index is 0.0730. The van der Waals surface area contributed by atoms with Gasteiger partial charge >= 0.3 is 0 Å². The van der Waals surface area contributed by atoms with Gasteiger partial charge in [0, 0.05) is 25.8 Å². The molecular formula is C14H20N2O4S. The Balaban J connectivity index is 3.15. The second kappa shape index (κ2) is 7.35. The summed E-state index contributed by atoms with van der Waals surface area (Å²) in [6.07, 6.45) is 1.60. The molecule has 0 heterocycles. The third-order valence-corrected chi connectivity index (χ3v) is 3.72. The number of rotatable bonds is 7. The molecule has 0 fully saturated rings. The van der Waals surface area contributed by atoms with E-state index in [0.29, 0.717) is 25.3 Å². The molecule has 0 spiro atoms. The summed E-state index contributed by atoms with van der Waals surface area (Å²) in [6, 6.07) is 4.34. The van der Waals surface area contributed by atoms with Crippen molar-refractivity contribution < 1.29 is 17.9 Å². The highest BCUT2D eigenvalue weighted by Crippen LogP contribution is 2.15. The molecule has 0 atom stereocenters. The maximum absolute atomic E-state index is 12.5. The lowest BCUT2D eigenvalue weighted by Gasteiger charge is -2.21. The van der Waals surface area contributed by atoms with E-state index < -0.39 is 10.0 Å². The zero-order valence-electron chi connectivity index (χ0n) is 12.2. The van der Waals surface area contributed by atoms with Crippen LogP contribution in [0.25, 0.3) is 0 Å². The van der Waals surface area contributed by atoms with Crippen LogP contribution in [0.5, 0.6) is 0 Å². The predicted octanol–water partition coefficient (Wildman–Crippen LogP) is 0.917. The first-order chi connectivity index (χ1) is 9.79. The van der Waals surface area contributed by atoms with Gasteiger partial charge in [-0.25, -0.2) is 13.6 Å². The van der Waals surface area contributed by atoms with Crippen LogP contribution in [0.1, 0.15) is 15.9 Å². The van der Waals surface area contributed by atoms with Gasteiger partial charge in [0.1, 0.15) is 0 Å². The van der Waals surface area contributed by atoms with Gasteiger partial charge in [0.25, 0.3) is 5.91 Å². The van der Waals surface area contributed by atoms with E-state index in [9.17, 15) is 13.2 Å². The minimum atomic E-state index is -3.85. The summed E-state index contributed by atoms with van der Waals surface area (Å²) in [5.74, 6) is -0.291. The first-order valence-electron chi connectivity index (χ1n) is 6.33. The molecule has 0 radical (unpaired) electrons. The number of aryl methyl sites for hydroxylation is 1. The summed E-state index contributed by atoms with van der Waals surface area (Å²) in [6.45, 7) is 6.43. The Kier molecular flexibility index (Phi) is 6.07. The number of hydrogen-bond donors (Lipinski definition) is 1. The molecule has 1 amide bonds. The molecule has 116 valence electrons. The number of carbonyl (C=O) groups is 1. The van der Waals surface area contributed by atoms with E-state index in [1.165, 1.54) is 17.0 Å². The number of ether oxygens (including phenoxy) is 1. The van der Waals surface area contributed by atoms with Gasteiger partial charge in [0.05, 0.1) is 11.5 Å². The van der Waals surface area contributed by atoms with Crippen molar-refractivity contribution in [2.24, 2.45) is 5.14 Å². The standard InChI is InChI=1S/C14H20N2O4S/c1-4-5-16(6-7-20-3)14(17)12-8-11(2)9-13(10-12)21(15,18)19/h4,8-10H,1,5-7H2,2-3H3,(H2,15,18,19). The second-order valence-electron chi connectivity index (χ2n) is 4.61. The summed E-state index contributed by atoms with van der Waals surface area (Å²) in [7, 11) is -2.31. The highest BCUT2D eigenvalue weighted by atomic mass is 32.2.